The third kappa shape index (κ3) is 3.12. The molecule has 0 unspecified atom stereocenters. The lowest BCUT2D eigenvalue weighted by atomic mass is 10.2. The van der Waals surface area contributed by atoms with Crippen molar-refractivity contribution in [2.45, 2.75) is 25.4 Å². The van der Waals surface area contributed by atoms with Gasteiger partial charge in [0.05, 0.1) is 0 Å². The van der Waals surface area contributed by atoms with Gasteiger partial charge in [-0.05, 0) is 30.5 Å². The molecule has 0 spiro atoms. The smallest absolute Gasteiger partial charge is 0.282 e. The van der Waals surface area contributed by atoms with Crippen LogP contribution in [0.4, 0.5) is 4.79 Å². The first-order chi connectivity index (χ1) is 9.74. The lowest BCUT2D eigenvalue weighted by Gasteiger charge is -2.25. The van der Waals surface area contributed by atoms with Crippen LogP contribution in [0.25, 0.3) is 0 Å². The Morgan fingerprint density at radius 2 is 2.15 bits per heavy atom. The Morgan fingerprint density at radius 3 is 2.75 bits per heavy atom. The summed E-state index contributed by atoms with van der Waals surface area (Å²) in [7, 11) is 0. The fraction of sp³-hybridized carbons (Fsp3) is 0.500. The minimum absolute atomic E-state index is 0.0259. The van der Waals surface area contributed by atoms with E-state index < -0.39 is 0 Å². The molecule has 1 aliphatic heterocycles. The van der Waals surface area contributed by atoms with Crippen molar-refractivity contribution < 1.29 is 9.59 Å². The van der Waals surface area contributed by atoms with Gasteiger partial charge in [-0.1, -0.05) is 11.8 Å². The lowest BCUT2D eigenvalue weighted by molar-refractivity contribution is -0.132. The first kappa shape index (κ1) is 13.4. The van der Waals surface area contributed by atoms with Crippen molar-refractivity contribution in [2.75, 3.05) is 18.8 Å². The van der Waals surface area contributed by atoms with E-state index in [2.05, 4.69) is 4.98 Å². The molecule has 2 amide bonds. The van der Waals surface area contributed by atoms with Crippen LogP contribution in [-0.2, 0) is 11.3 Å². The zero-order valence-electron chi connectivity index (χ0n) is 11.2. The molecule has 1 aliphatic carbocycles. The number of carbonyl (C=O) groups excluding carboxylic acids is 2. The molecule has 0 atom stereocenters. The molecule has 0 aromatic carbocycles. The van der Waals surface area contributed by atoms with Crippen LogP contribution in [0, 0.1) is 0 Å². The van der Waals surface area contributed by atoms with Gasteiger partial charge in [0.25, 0.3) is 5.24 Å². The summed E-state index contributed by atoms with van der Waals surface area (Å²) in [5.74, 6) is 0.847. The van der Waals surface area contributed by atoms with E-state index in [0.717, 1.165) is 24.2 Å². The minimum Gasteiger partial charge on any atom is -0.334 e. The second kappa shape index (κ2) is 5.83. The second-order valence-corrected chi connectivity index (χ2v) is 6.19. The number of pyridine rings is 1. The Bertz CT molecular complexity index is 504. The highest BCUT2D eigenvalue weighted by molar-refractivity contribution is 8.13. The molecular weight excluding hydrogens is 274 g/mol. The largest absolute Gasteiger partial charge is 0.334 e. The summed E-state index contributed by atoms with van der Waals surface area (Å²) in [6.07, 6.45) is 5.62. The molecule has 0 N–H and O–H groups in total. The molecule has 1 aromatic heterocycles. The van der Waals surface area contributed by atoms with E-state index in [-0.39, 0.29) is 17.7 Å². The van der Waals surface area contributed by atoms with Gasteiger partial charge in [0, 0.05) is 37.3 Å². The summed E-state index contributed by atoms with van der Waals surface area (Å²) in [6, 6.07) is 4.21. The van der Waals surface area contributed by atoms with Crippen LogP contribution in [0.1, 0.15) is 18.4 Å². The molecule has 2 heterocycles. The predicted molar refractivity (Wildman–Crippen MR) is 77.2 cm³/mol. The van der Waals surface area contributed by atoms with Crippen LogP contribution in [0.2, 0.25) is 0 Å². The average Bonchev–Trinajstić information content (AvgIpc) is 3.22. The number of aromatic nitrogens is 1. The fourth-order valence-electron chi connectivity index (χ4n) is 2.32. The number of amides is 2. The zero-order valence-corrected chi connectivity index (χ0v) is 12.0. The van der Waals surface area contributed by atoms with Gasteiger partial charge in [-0.3, -0.25) is 14.6 Å². The lowest BCUT2D eigenvalue weighted by Crippen LogP contribution is -2.41. The molecule has 1 saturated carbocycles. The molecule has 20 heavy (non-hydrogen) atoms. The van der Waals surface area contributed by atoms with E-state index in [9.17, 15) is 9.59 Å². The summed E-state index contributed by atoms with van der Waals surface area (Å²) in [4.78, 5) is 31.6. The number of rotatable bonds is 5. The summed E-state index contributed by atoms with van der Waals surface area (Å²) >= 11 is 1.30. The molecule has 2 aliphatic rings. The Labute approximate surface area is 122 Å². The molecule has 1 saturated heterocycles. The van der Waals surface area contributed by atoms with Crippen molar-refractivity contribution in [2.24, 2.45) is 0 Å². The van der Waals surface area contributed by atoms with E-state index in [1.807, 2.05) is 17.0 Å². The third-order valence-corrected chi connectivity index (χ3v) is 4.47. The normalized spacial score (nSPS) is 18.4. The Hall–Kier alpha value is -1.56. The van der Waals surface area contributed by atoms with Gasteiger partial charge in [-0.2, -0.15) is 0 Å². The van der Waals surface area contributed by atoms with Crippen molar-refractivity contribution in [1.82, 2.24) is 14.8 Å². The number of thioether (sulfide) groups is 1. The van der Waals surface area contributed by atoms with E-state index in [0.29, 0.717) is 19.1 Å². The molecule has 106 valence electrons. The summed E-state index contributed by atoms with van der Waals surface area (Å²) in [6.45, 7) is 1.51. The highest BCUT2D eigenvalue weighted by atomic mass is 32.2. The van der Waals surface area contributed by atoms with Crippen LogP contribution < -0.4 is 0 Å². The quantitative estimate of drug-likeness (QED) is 0.829. The maximum absolute atomic E-state index is 12.4. The van der Waals surface area contributed by atoms with Crippen LogP contribution in [-0.4, -0.2) is 50.8 Å². The van der Waals surface area contributed by atoms with Gasteiger partial charge in [0.15, 0.2) is 0 Å². The maximum atomic E-state index is 12.4. The van der Waals surface area contributed by atoms with Crippen LogP contribution in [0.5, 0.6) is 0 Å². The van der Waals surface area contributed by atoms with Gasteiger partial charge >= 0.3 is 0 Å². The van der Waals surface area contributed by atoms with Crippen molar-refractivity contribution in [1.29, 1.82) is 0 Å². The summed E-state index contributed by atoms with van der Waals surface area (Å²) in [5.41, 5.74) is 1.09. The highest BCUT2D eigenvalue weighted by Gasteiger charge is 2.34. The Balaban J connectivity index is 1.64. The second-order valence-electron chi connectivity index (χ2n) is 5.14. The topological polar surface area (TPSA) is 53.5 Å². The summed E-state index contributed by atoms with van der Waals surface area (Å²) < 4.78 is 0. The average molecular weight is 291 g/mol. The minimum atomic E-state index is 0.0259. The van der Waals surface area contributed by atoms with E-state index in [1.54, 1.807) is 17.3 Å². The highest BCUT2D eigenvalue weighted by Crippen LogP contribution is 2.29. The van der Waals surface area contributed by atoms with Crippen molar-refractivity contribution in [3.05, 3.63) is 30.1 Å². The van der Waals surface area contributed by atoms with Gasteiger partial charge in [0.1, 0.15) is 6.54 Å². The first-order valence-electron chi connectivity index (χ1n) is 6.84. The van der Waals surface area contributed by atoms with E-state index in [1.165, 1.54) is 11.8 Å². The molecule has 0 bridgehead atoms. The number of nitrogens with zero attached hydrogens (tertiary/aromatic N) is 3. The molecule has 5 nitrogen and oxygen atoms in total. The van der Waals surface area contributed by atoms with Crippen LogP contribution in [0.15, 0.2) is 24.5 Å². The van der Waals surface area contributed by atoms with E-state index in [4.69, 9.17) is 0 Å². The fourth-order valence-corrected chi connectivity index (χ4v) is 3.14. The molecule has 3 rings (SSSR count). The van der Waals surface area contributed by atoms with Gasteiger partial charge in [0.2, 0.25) is 5.91 Å². The zero-order chi connectivity index (χ0) is 13.9. The van der Waals surface area contributed by atoms with Crippen molar-refractivity contribution in [3.8, 4) is 0 Å². The molecule has 0 radical (unpaired) electrons. The number of hydrogen-bond acceptors (Lipinski definition) is 4. The molecule has 2 fully saturated rings. The molecular formula is C14H17N3O2S. The predicted octanol–water partition coefficient (Wildman–Crippen LogP) is 1.74. The maximum Gasteiger partial charge on any atom is 0.282 e. The first-order valence-corrected chi connectivity index (χ1v) is 7.82. The van der Waals surface area contributed by atoms with Gasteiger partial charge < -0.3 is 9.80 Å². The third-order valence-electron chi connectivity index (χ3n) is 3.58. The standard InChI is InChI=1S/C14H17N3O2S/c18-13(10-16-7-8-20-14(16)19)17(12-1-2-12)9-11-3-5-15-6-4-11/h3-6,12H,1-2,7-10H2. The molecule has 6 heteroatoms. The van der Waals surface area contributed by atoms with Gasteiger partial charge in [-0.25, -0.2) is 0 Å². The summed E-state index contributed by atoms with van der Waals surface area (Å²) in [5, 5.41) is 0.0259. The SMILES string of the molecule is O=C1SCCN1CC(=O)N(Cc1ccncc1)C1CC1. The molecule has 1 aromatic rings. The van der Waals surface area contributed by atoms with Gasteiger partial charge in [-0.15, -0.1) is 0 Å². The van der Waals surface area contributed by atoms with Crippen molar-refractivity contribution in [3.63, 3.8) is 0 Å². The van der Waals surface area contributed by atoms with Crippen LogP contribution >= 0.6 is 11.8 Å². The Kier molecular flexibility index (Phi) is 3.91. The monoisotopic (exact) mass is 291 g/mol. The number of hydrogen-bond donors (Lipinski definition) is 0. The number of carbonyl (C=O) groups is 2. The van der Waals surface area contributed by atoms with E-state index >= 15 is 0 Å². The van der Waals surface area contributed by atoms with Crippen LogP contribution in [0.3, 0.4) is 0 Å². The van der Waals surface area contributed by atoms with Crippen molar-refractivity contribution >= 4 is 22.9 Å². The Morgan fingerprint density at radius 1 is 1.40 bits per heavy atom.